The standard InChI is InChI=1S/C29H30N4O3/c1-20-13-14-23-25(16-20)30-27(24-11-5-6-12-26(24)34)31-28(23)32-15-7-10-22(18-32)19-33(29(35)36)17-21-8-3-2-4-9-21/h2-6,8-9,11-14,16,22,34H,7,10,15,17-19H2,1H3,(H,35,36). The predicted octanol–water partition coefficient (Wildman–Crippen LogP) is 5.71. The van der Waals surface area contributed by atoms with Gasteiger partial charge in [0, 0.05) is 31.6 Å². The maximum Gasteiger partial charge on any atom is 0.407 e. The summed E-state index contributed by atoms with van der Waals surface area (Å²) in [6, 6.07) is 23.0. The van der Waals surface area contributed by atoms with E-state index in [2.05, 4.69) is 17.0 Å². The molecule has 36 heavy (non-hydrogen) atoms. The predicted molar refractivity (Wildman–Crippen MR) is 141 cm³/mol. The van der Waals surface area contributed by atoms with Gasteiger partial charge in [-0.05, 0) is 61.1 Å². The van der Waals surface area contributed by atoms with E-state index < -0.39 is 6.09 Å². The first-order chi connectivity index (χ1) is 17.5. The van der Waals surface area contributed by atoms with Crippen molar-refractivity contribution >= 4 is 22.8 Å². The highest BCUT2D eigenvalue weighted by Crippen LogP contribution is 2.33. The van der Waals surface area contributed by atoms with Gasteiger partial charge in [-0.25, -0.2) is 14.8 Å². The second-order valence-electron chi connectivity index (χ2n) is 9.51. The van der Waals surface area contributed by atoms with E-state index in [1.165, 1.54) is 4.90 Å². The number of carboxylic acid groups (broad SMARTS) is 1. The number of nitrogens with zero attached hydrogens (tertiary/aromatic N) is 4. The molecule has 1 atom stereocenters. The number of aryl methyl sites for hydroxylation is 1. The molecule has 3 aromatic carbocycles. The van der Waals surface area contributed by atoms with Gasteiger partial charge in [0.1, 0.15) is 11.6 Å². The minimum Gasteiger partial charge on any atom is -0.507 e. The molecule has 184 valence electrons. The number of aromatic hydroxyl groups is 1. The van der Waals surface area contributed by atoms with Gasteiger partial charge in [0.25, 0.3) is 0 Å². The number of anilines is 1. The van der Waals surface area contributed by atoms with Gasteiger partial charge in [0.2, 0.25) is 0 Å². The summed E-state index contributed by atoms with van der Waals surface area (Å²) in [6.45, 7) is 4.42. The fourth-order valence-electron chi connectivity index (χ4n) is 4.98. The lowest BCUT2D eigenvalue weighted by Gasteiger charge is -2.36. The number of aromatic nitrogens is 2. The number of para-hydroxylation sites is 1. The molecule has 2 N–H and O–H groups in total. The van der Waals surface area contributed by atoms with Crippen molar-refractivity contribution in [2.75, 3.05) is 24.5 Å². The van der Waals surface area contributed by atoms with Crippen LogP contribution in [0.1, 0.15) is 24.0 Å². The number of phenolic OH excluding ortho intramolecular Hbond substituents is 1. The quantitative estimate of drug-likeness (QED) is 0.366. The first-order valence-corrected chi connectivity index (χ1v) is 12.3. The maximum atomic E-state index is 12.0. The van der Waals surface area contributed by atoms with Crippen LogP contribution >= 0.6 is 0 Å². The molecule has 1 saturated heterocycles. The fraction of sp³-hybridized carbons (Fsp3) is 0.276. The average Bonchev–Trinajstić information content (AvgIpc) is 2.88. The molecule has 1 amide bonds. The van der Waals surface area contributed by atoms with Crippen LogP contribution in [0.2, 0.25) is 0 Å². The molecule has 0 radical (unpaired) electrons. The van der Waals surface area contributed by atoms with E-state index in [0.29, 0.717) is 31.0 Å². The lowest BCUT2D eigenvalue weighted by molar-refractivity contribution is 0.131. The highest BCUT2D eigenvalue weighted by molar-refractivity contribution is 5.92. The molecular weight excluding hydrogens is 452 g/mol. The highest BCUT2D eigenvalue weighted by Gasteiger charge is 2.27. The Labute approximate surface area is 210 Å². The van der Waals surface area contributed by atoms with Gasteiger partial charge in [0.05, 0.1) is 11.1 Å². The molecule has 0 saturated carbocycles. The third-order valence-corrected chi connectivity index (χ3v) is 6.76. The first-order valence-electron chi connectivity index (χ1n) is 12.3. The van der Waals surface area contributed by atoms with Crippen molar-refractivity contribution in [3.8, 4) is 17.1 Å². The summed E-state index contributed by atoms with van der Waals surface area (Å²) in [6.07, 6.45) is 1.01. The summed E-state index contributed by atoms with van der Waals surface area (Å²) in [4.78, 5) is 25.5. The first kappa shape index (κ1) is 23.6. The molecule has 1 aromatic heterocycles. The van der Waals surface area contributed by atoms with Crippen LogP contribution in [0.4, 0.5) is 10.6 Å². The number of phenols is 1. The summed E-state index contributed by atoms with van der Waals surface area (Å²) in [7, 11) is 0. The smallest absolute Gasteiger partial charge is 0.407 e. The largest absolute Gasteiger partial charge is 0.507 e. The third-order valence-electron chi connectivity index (χ3n) is 6.76. The Bertz CT molecular complexity index is 1380. The van der Waals surface area contributed by atoms with Crippen molar-refractivity contribution in [1.82, 2.24) is 14.9 Å². The molecule has 4 aromatic rings. The molecule has 2 heterocycles. The Balaban J connectivity index is 1.45. The van der Waals surface area contributed by atoms with Crippen molar-refractivity contribution in [1.29, 1.82) is 0 Å². The molecule has 0 spiro atoms. The van der Waals surface area contributed by atoms with E-state index >= 15 is 0 Å². The number of hydrogen-bond donors (Lipinski definition) is 2. The lowest BCUT2D eigenvalue weighted by Crippen LogP contribution is -2.42. The Morgan fingerprint density at radius 3 is 2.61 bits per heavy atom. The highest BCUT2D eigenvalue weighted by atomic mass is 16.4. The second-order valence-corrected chi connectivity index (χ2v) is 9.51. The van der Waals surface area contributed by atoms with E-state index in [-0.39, 0.29) is 11.7 Å². The Kier molecular flexibility index (Phi) is 6.71. The second kappa shape index (κ2) is 10.2. The summed E-state index contributed by atoms with van der Waals surface area (Å²) in [5.74, 6) is 1.64. The van der Waals surface area contributed by atoms with Crippen LogP contribution in [0.25, 0.3) is 22.3 Å². The van der Waals surface area contributed by atoms with Gasteiger partial charge in [-0.1, -0.05) is 48.5 Å². The number of carbonyl (C=O) groups is 1. The zero-order chi connectivity index (χ0) is 25.1. The molecule has 7 nitrogen and oxygen atoms in total. The topological polar surface area (TPSA) is 89.8 Å². The molecule has 0 aliphatic carbocycles. The van der Waals surface area contributed by atoms with E-state index in [1.54, 1.807) is 12.1 Å². The van der Waals surface area contributed by atoms with Crippen LogP contribution in [0.3, 0.4) is 0 Å². The van der Waals surface area contributed by atoms with Crippen LogP contribution in [0, 0.1) is 12.8 Å². The van der Waals surface area contributed by atoms with Crippen molar-refractivity contribution in [3.63, 3.8) is 0 Å². The molecule has 7 heteroatoms. The van der Waals surface area contributed by atoms with Crippen molar-refractivity contribution in [2.45, 2.75) is 26.3 Å². The number of rotatable bonds is 6. The summed E-state index contributed by atoms with van der Waals surface area (Å²) >= 11 is 0. The fourth-order valence-corrected chi connectivity index (χ4v) is 4.98. The lowest BCUT2D eigenvalue weighted by atomic mass is 9.96. The summed E-state index contributed by atoms with van der Waals surface area (Å²) in [5, 5.41) is 21.3. The van der Waals surface area contributed by atoms with E-state index in [4.69, 9.17) is 9.97 Å². The Morgan fingerprint density at radius 1 is 1.06 bits per heavy atom. The van der Waals surface area contributed by atoms with Gasteiger partial charge in [-0.2, -0.15) is 0 Å². The van der Waals surface area contributed by atoms with Crippen LogP contribution in [-0.4, -0.2) is 50.8 Å². The van der Waals surface area contributed by atoms with Gasteiger partial charge in [-0.3, -0.25) is 0 Å². The van der Waals surface area contributed by atoms with E-state index in [0.717, 1.165) is 47.2 Å². The number of hydrogen-bond acceptors (Lipinski definition) is 5. The Morgan fingerprint density at radius 2 is 1.83 bits per heavy atom. The molecule has 0 bridgehead atoms. The molecule has 1 aliphatic rings. The third kappa shape index (κ3) is 5.10. The minimum absolute atomic E-state index is 0.144. The number of amides is 1. The minimum atomic E-state index is -0.902. The number of piperidine rings is 1. The maximum absolute atomic E-state index is 12.0. The van der Waals surface area contributed by atoms with E-state index in [9.17, 15) is 15.0 Å². The molecular formula is C29H30N4O3. The van der Waals surface area contributed by atoms with Crippen molar-refractivity contribution in [2.24, 2.45) is 5.92 Å². The Hall–Kier alpha value is -4.13. The van der Waals surface area contributed by atoms with Gasteiger partial charge in [0.15, 0.2) is 5.82 Å². The monoisotopic (exact) mass is 482 g/mol. The zero-order valence-corrected chi connectivity index (χ0v) is 20.3. The van der Waals surface area contributed by atoms with Crippen LogP contribution in [-0.2, 0) is 6.54 Å². The molecule has 5 rings (SSSR count). The summed E-state index contributed by atoms with van der Waals surface area (Å²) in [5.41, 5.74) is 3.51. The van der Waals surface area contributed by atoms with Crippen LogP contribution < -0.4 is 4.90 Å². The summed E-state index contributed by atoms with van der Waals surface area (Å²) < 4.78 is 0. The molecule has 1 fully saturated rings. The number of fused-ring (bicyclic) bond motifs is 1. The van der Waals surface area contributed by atoms with Crippen LogP contribution in [0.5, 0.6) is 5.75 Å². The van der Waals surface area contributed by atoms with Gasteiger partial charge < -0.3 is 20.0 Å². The van der Waals surface area contributed by atoms with Crippen molar-refractivity contribution in [3.05, 3.63) is 83.9 Å². The van der Waals surface area contributed by atoms with Gasteiger partial charge in [-0.15, -0.1) is 0 Å². The van der Waals surface area contributed by atoms with Crippen molar-refractivity contribution < 1.29 is 15.0 Å². The SMILES string of the molecule is Cc1ccc2c(N3CCCC(CN(Cc4ccccc4)C(=O)O)C3)nc(-c3ccccc3O)nc2c1. The molecule has 1 aliphatic heterocycles. The van der Waals surface area contributed by atoms with Gasteiger partial charge >= 0.3 is 6.09 Å². The molecule has 1 unspecified atom stereocenters. The number of benzene rings is 3. The van der Waals surface area contributed by atoms with Crippen LogP contribution in [0.15, 0.2) is 72.8 Å². The zero-order valence-electron chi connectivity index (χ0n) is 20.3. The van der Waals surface area contributed by atoms with E-state index in [1.807, 2.05) is 55.5 Å². The average molecular weight is 483 g/mol. The normalized spacial score (nSPS) is 15.7.